The van der Waals surface area contributed by atoms with E-state index in [0.29, 0.717) is 6.07 Å². The van der Waals surface area contributed by atoms with E-state index >= 15 is 0 Å². The lowest BCUT2D eigenvalue weighted by Gasteiger charge is -2.19. The van der Waals surface area contributed by atoms with Crippen LogP contribution in [0.4, 0.5) is 10.1 Å². The minimum Gasteiger partial charge on any atom is -0.481 e. The summed E-state index contributed by atoms with van der Waals surface area (Å²) < 4.78 is 13.2. The number of rotatable bonds is 5. The predicted molar refractivity (Wildman–Crippen MR) is 61.0 cm³/mol. The zero-order valence-electron chi connectivity index (χ0n) is 9.58. The van der Waals surface area contributed by atoms with Gasteiger partial charge in [0.1, 0.15) is 11.9 Å². The number of nitrogens with two attached hydrogens (primary N) is 1. The molecule has 2 unspecified atom stereocenters. The van der Waals surface area contributed by atoms with Crippen LogP contribution in [0.15, 0.2) is 12.1 Å². The van der Waals surface area contributed by atoms with Gasteiger partial charge in [-0.2, -0.15) is 0 Å². The molecular weight excluding hydrogens is 261 g/mol. The van der Waals surface area contributed by atoms with Crippen LogP contribution in [0.5, 0.6) is 0 Å². The average Bonchev–Trinajstić information content (AvgIpc) is 2.29. The number of benzene rings is 1. The van der Waals surface area contributed by atoms with Crippen molar-refractivity contribution in [3.05, 3.63) is 29.1 Å². The van der Waals surface area contributed by atoms with E-state index in [0.717, 1.165) is 6.07 Å². The van der Waals surface area contributed by atoms with E-state index < -0.39 is 47.6 Å². The number of carboxylic acids is 2. The van der Waals surface area contributed by atoms with Gasteiger partial charge in [-0.1, -0.05) is 0 Å². The molecule has 1 rings (SSSR count). The molecule has 104 valence electrons. The first-order valence-corrected chi connectivity index (χ1v) is 5.14. The Hall–Kier alpha value is -2.19. The second kappa shape index (κ2) is 5.63. The molecule has 0 spiro atoms. The van der Waals surface area contributed by atoms with Crippen molar-refractivity contribution in [1.29, 1.82) is 0 Å². The van der Waals surface area contributed by atoms with Gasteiger partial charge in [0.25, 0.3) is 0 Å². The van der Waals surface area contributed by atoms with Gasteiger partial charge in [0.2, 0.25) is 0 Å². The molecule has 1 aromatic rings. The smallest absolute Gasteiger partial charge is 0.337 e. The van der Waals surface area contributed by atoms with Crippen LogP contribution in [0.1, 0.15) is 28.4 Å². The third kappa shape index (κ3) is 3.39. The molecule has 0 aliphatic rings. The maximum atomic E-state index is 13.2. The second-order valence-corrected chi connectivity index (χ2v) is 3.87. The molecule has 0 heterocycles. The van der Waals surface area contributed by atoms with E-state index in [1.807, 2.05) is 0 Å². The van der Waals surface area contributed by atoms with E-state index in [1.54, 1.807) is 0 Å². The Morgan fingerprint density at radius 3 is 2.32 bits per heavy atom. The van der Waals surface area contributed by atoms with Crippen LogP contribution in [0.2, 0.25) is 0 Å². The zero-order valence-corrected chi connectivity index (χ0v) is 9.58. The molecule has 0 saturated carbocycles. The number of nitrogen functional groups attached to an aromatic ring is 1. The first kappa shape index (κ1) is 14.9. The number of carboxylic acid groups (broad SMARTS) is 2. The van der Waals surface area contributed by atoms with Crippen LogP contribution < -0.4 is 5.73 Å². The van der Waals surface area contributed by atoms with Crippen molar-refractivity contribution in [2.45, 2.75) is 18.6 Å². The molecular formula is C11H12FNO6. The first-order valence-electron chi connectivity index (χ1n) is 5.14. The van der Waals surface area contributed by atoms with Crippen LogP contribution in [0.3, 0.4) is 0 Å². The highest BCUT2D eigenvalue weighted by molar-refractivity contribution is 5.94. The topological polar surface area (TPSA) is 141 Å². The van der Waals surface area contributed by atoms with Crippen molar-refractivity contribution in [3.8, 4) is 0 Å². The summed E-state index contributed by atoms with van der Waals surface area (Å²) in [6, 6.07) is 1.41. The number of aliphatic hydroxyl groups excluding tert-OH is 2. The lowest BCUT2D eigenvalue weighted by molar-refractivity contribution is -0.141. The van der Waals surface area contributed by atoms with Gasteiger partial charge in [-0.25, -0.2) is 9.18 Å². The molecule has 0 aromatic heterocycles. The van der Waals surface area contributed by atoms with Crippen LogP contribution in [0.25, 0.3) is 0 Å². The van der Waals surface area contributed by atoms with Crippen molar-refractivity contribution < 1.29 is 34.4 Å². The fraction of sp³-hybridized carbons (Fsp3) is 0.273. The van der Waals surface area contributed by atoms with Gasteiger partial charge >= 0.3 is 11.9 Å². The standard InChI is InChI=1S/C11H12FNO6/c12-4-1-5(9(13)6(2-4)11(18)19)10(17)7(14)3-8(15)16/h1-2,7,10,14,17H,3,13H2,(H,15,16)(H,18,19). The number of anilines is 1. The van der Waals surface area contributed by atoms with E-state index in [9.17, 15) is 24.2 Å². The van der Waals surface area contributed by atoms with E-state index in [4.69, 9.17) is 15.9 Å². The number of carbonyl (C=O) groups is 2. The zero-order chi connectivity index (χ0) is 14.7. The fourth-order valence-electron chi connectivity index (χ4n) is 1.56. The third-order valence-corrected chi connectivity index (χ3v) is 2.47. The lowest BCUT2D eigenvalue weighted by atomic mass is 9.97. The molecule has 0 saturated heterocycles. The van der Waals surface area contributed by atoms with E-state index in [-0.39, 0.29) is 5.56 Å². The summed E-state index contributed by atoms with van der Waals surface area (Å²) in [6.07, 6.45) is -4.33. The van der Waals surface area contributed by atoms with Gasteiger partial charge < -0.3 is 26.2 Å². The van der Waals surface area contributed by atoms with Crippen LogP contribution in [0, 0.1) is 5.82 Å². The predicted octanol–water partition coefficient (Wildman–Crippen LogP) is -0.0249. The maximum Gasteiger partial charge on any atom is 0.337 e. The number of hydrogen-bond donors (Lipinski definition) is 5. The number of aliphatic hydroxyl groups is 2. The molecule has 0 bridgehead atoms. The number of hydrogen-bond acceptors (Lipinski definition) is 5. The highest BCUT2D eigenvalue weighted by Gasteiger charge is 2.26. The van der Waals surface area contributed by atoms with Crippen molar-refractivity contribution in [1.82, 2.24) is 0 Å². The van der Waals surface area contributed by atoms with Gasteiger partial charge in [-0.05, 0) is 12.1 Å². The molecule has 0 fully saturated rings. The molecule has 19 heavy (non-hydrogen) atoms. The number of halogens is 1. The summed E-state index contributed by atoms with van der Waals surface area (Å²) in [5.41, 5.74) is 4.09. The monoisotopic (exact) mass is 273 g/mol. The Morgan fingerprint density at radius 1 is 1.26 bits per heavy atom. The molecule has 7 nitrogen and oxygen atoms in total. The Morgan fingerprint density at radius 2 is 1.84 bits per heavy atom. The summed E-state index contributed by atoms with van der Waals surface area (Å²) in [7, 11) is 0. The van der Waals surface area contributed by atoms with Gasteiger partial charge in [-0.3, -0.25) is 4.79 Å². The average molecular weight is 273 g/mol. The summed E-state index contributed by atoms with van der Waals surface area (Å²) >= 11 is 0. The number of aliphatic carboxylic acids is 1. The Labute approximate surface area is 106 Å². The molecule has 2 atom stereocenters. The van der Waals surface area contributed by atoms with Gasteiger partial charge in [-0.15, -0.1) is 0 Å². The van der Waals surface area contributed by atoms with E-state index in [1.165, 1.54) is 0 Å². The van der Waals surface area contributed by atoms with Crippen LogP contribution in [-0.4, -0.2) is 38.5 Å². The molecule has 0 radical (unpaired) electrons. The van der Waals surface area contributed by atoms with E-state index in [2.05, 4.69) is 0 Å². The van der Waals surface area contributed by atoms with Crippen molar-refractivity contribution in [3.63, 3.8) is 0 Å². The highest BCUT2D eigenvalue weighted by Crippen LogP contribution is 2.28. The maximum absolute atomic E-state index is 13.2. The molecule has 1 aromatic carbocycles. The summed E-state index contributed by atoms with van der Waals surface area (Å²) in [4.78, 5) is 21.2. The molecule has 0 aliphatic carbocycles. The second-order valence-electron chi connectivity index (χ2n) is 3.87. The minimum absolute atomic E-state index is 0.369. The first-order chi connectivity index (χ1) is 8.73. The van der Waals surface area contributed by atoms with Crippen molar-refractivity contribution in [2.24, 2.45) is 0 Å². The highest BCUT2D eigenvalue weighted by atomic mass is 19.1. The Kier molecular flexibility index (Phi) is 4.41. The van der Waals surface area contributed by atoms with Crippen LogP contribution >= 0.6 is 0 Å². The minimum atomic E-state index is -1.80. The van der Waals surface area contributed by atoms with Crippen molar-refractivity contribution >= 4 is 17.6 Å². The Balaban J connectivity index is 3.19. The molecule has 8 heteroatoms. The van der Waals surface area contributed by atoms with Crippen molar-refractivity contribution in [2.75, 3.05) is 5.73 Å². The molecule has 0 aliphatic heterocycles. The third-order valence-electron chi connectivity index (χ3n) is 2.47. The molecule has 6 N–H and O–H groups in total. The lowest BCUT2D eigenvalue weighted by Crippen LogP contribution is -2.23. The quantitative estimate of drug-likeness (QED) is 0.474. The molecule has 0 amide bonds. The van der Waals surface area contributed by atoms with Gasteiger partial charge in [0, 0.05) is 5.56 Å². The fourth-order valence-corrected chi connectivity index (χ4v) is 1.56. The van der Waals surface area contributed by atoms with Crippen LogP contribution in [-0.2, 0) is 4.79 Å². The Bertz CT molecular complexity index is 518. The summed E-state index contributed by atoms with van der Waals surface area (Å²) in [5, 5.41) is 36.4. The largest absolute Gasteiger partial charge is 0.481 e. The van der Waals surface area contributed by atoms with Gasteiger partial charge in [0.15, 0.2) is 0 Å². The number of aromatic carboxylic acids is 1. The summed E-state index contributed by atoms with van der Waals surface area (Å²) in [5.74, 6) is -3.85. The van der Waals surface area contributed by atoms with Gasteiger partial charge in [0.05, 0.1) is 23.8 Å². The normalized spacial score (nSPS) is 13.8. The summed E-state index contributed by atoms with van der Waals surface area (Å²) in [6.45, 7) is 0. The SMILES string of the molecule is Nc1c(C(=O)O)cc(F)cc1C(O)C(O)CC(=O)O.